The molecule has 0 bridgehead atoms. The Morgan fingerprint density at radius 2 is 1.89 bits per heavy atom. The molecule has 0 radical (unpaired) electrons. The van der Waals surface area contributed by atoms with E-state index in [0.29, 0.717) is 31.8 Å². The van der Waals surface area contributed by atoms with Crippen molar-refractivity contribution in [1.82, 2.24) is 0 Å². The Morgan fingerprint density at radius 1 is 1.21 bits per heavy atom. The van der Waals surface area contributed by atoms with E-state index in [2.05, 4.69) is 0 Å². The molecule has 3 rings (SSSR count). The highest BCUT2D eigenvalue weighted by atomic mass is 16.6. The van der Waals surface area contributed by atoms with Gasteiger partial charge in [-0.05, 0) is 37.0 Å². The number of ether oxygens (including phenoxy) is 2. The highest BCUT2D eigenvalue weighted by molar-refractivity contribution is 5.82. The van der Waals surface area contributed by atoms with Crippen LogP contribution in [0.4, 0.5) is 0 Å². The zero-order valence-corrected chi connectivity index (χ0v) is 11.1. The van der Waals surface area contributed by atoms with Crippen LogP contribution < -0.4 is 9.47 Å². The largest absolute Gasteiger partial charge is 0.486 e. The Morgan fingerprint density at radius 3 is 2.58 bits per heavy atom. The molecule has 19 heavy (non-hydrogen) atoms. The lowest BCUT2D eigenvalue weighted by Gasteiger charge is -2.28. The second-order valence-corrected chi connectivity index (χ2v) is 5.41. The summed E-state index contributed by atoms with van der Waals surface area (Å²) in [6.07, 6.45) is 3.36. The lowest BCUT2D eigenvalue weighted by molar-refractivity contribution is -0.143. The second kappa shape index (κ2) is 4.44. The number of hydrogen-bond donors (Lipinski definition) is 1. The molecule has 0 atom stereocenters. The molecule has 1 heterocycles. The molecule has 0 aromatic heterocycles. The molecule has 2 aliphatic rings. The summed E-state index contributed by atoms with van der Waals surface area (Å²) in [5.74, 6) is 0.725. The molecule has 4 nitrogen and oxygen atoms in total. The van der Waals surface area contributed by atoms with Crippen LogP contribution >= 0.6 is 0 Å². The standard InChI is InChI=1S/C15H18O4/c1-10-8-11(9-12-13(10)19-7-6-18-12)15(14(16)17)4-2-3-5-15/h8-9H,2-7H2,1H3,(H,16,17). The van der Waals surface area contributed by atoms with Gasteiger partial charge in [-0.2, -0.15) is 0 Å². The van der Waals surface area contributed by atoms with Crippen LogP contribution in [0.25, 0.3) is 0 Å². The van der Waals surface area contributed by atoms with Gasteiger partial charge >= 0.3 is 5.97 Å². The van der Waals surface area contributed by atoms with Gasteiger partial charge in [0.25, 0.3) is 0 Å². The summed E-state index contributed by atoms with van der Waals surface area (Å²) in [7, 11) is 0. The molecular weight excluding hydrogens is 244 g/mol. The van der Waals surface area contributed by atoms with Gasteiger partial charge in [0.15, 0.2) is 11.5 Å². The number of carbonyl (C=O) groups is 1. The van der Waals surface area contributed by atoms with Crippen LogP contribution in [0.5, 0.6) is 11.5 Å². The van der Waals surface area contributed by atoms with Gasteiger partial charge in [0, 0.05) is 0 Å². The van der Waals surface area contributed by atoms with Crippen LogP contribution in [0.2, 0.25) is 0 Å². The van der Waals surface area contributed by atoms with Crippen molar-refractivity contribution in [3.63, 3.8) is 0 Å². The van der Waals surface area contributed by atoms with Gasteiger partial charge in [-0.25, -0.2) is 0 Å². The zero-order valence-electron chi connectivity index (χ0n) is 11.1. The van der Waals surface area contributed by atoms with Crippen LogP contribution in [0.15, 0.2) is 12.1 Å². The summed E-state index contributed by atoms with van der Waals surface area (Å²) in [6, 6.07) is 3.81. The molecule has 1 aromatic rings. The number of fused-ring (bicyclic) bond motifs is 1. The van der Waals surface area contributed by atoms with Gasteiger partial charge in [-0.3, -0.25) is 4.79 Å². The fourth-order valence-electron chi connectivity index (χ4n) is 3.21. The van der Waals surface area contributed by atoms with Crippen molar-refractivity contribution in [1.29, 1.82) is 0 Å². The van der Waals surface area contributed by atoms with E-state index in [1.54, 1.807) is 0 Å². The quantitative estimate of drug-likeness (QED) is 0.890. The van der Waals surface area contributed by atoms with E-state index in [1.807, 2.05) is 19.1 Å². The number of rotatable bonds is 2. The van der Waals surface area contributed by atoms with Gasteiger partial charge < -0.3 is 14.6 Å². The minimum atomic E-state index is -0.736. The summed E-state index contributed by atoms with van der Waals surface area (Å²) < 4.78 is 11.2. The Kier molecular flexibility index (Phi) is 2.88. The number of aryl methyl sites for hydroxylation is 1. The van der Waals surface area contributed by atoms with Crippen LogP contribution in [-0.2, 0) is 10.2 Å². The Hall–Kier alpha value is -1.71. The summed E-state index contributed by atoms with van der Waals surface area (Å²) in [5.41, 5.74) is 1.08. The van der Waals surface area contributed by atoms with Crippen LogP contribution in [0, 0.1) is 6.92 Å². The van der Waals surface area contributed by atoms with E-state index in [1.165, 1.54) is 0 Å². The molecule has 4 heteroatoms. The molecule has 102 valence electrons. The van der Waals surface area contributed by atoms with Crippen molar-refractivity contribution in [2.24, 2.45) is 0 Å². The highest BCUT2D eigenvalue weighted by Crippen LogP contribution is 2.45. The summed E-state index contributed by atoms with van der Waals surface area (Å²) in [4.78, 5) is 11.7. The second-order valence-electron chi connectivity index (χ2n) is 5.41. The topological polar surface area (TPSA) is 55.8 Å². The third-order valence-corrected chi connectivity index (χ3v) is 4.25. The minimum absolute atomic E-state index is 0.524. The molecule has 0 unspecified atom stereocenters. The third-order valence-electron chi connectivity index (χ3n) is 4.25. The van der Waals surface area contributed by atoms with E-state index in [-0.39, 0.29) is 0 Å². The highest BCUT2D eigenvalue weighted by Gasteiger charge is 2.43. The fraction of sp³-hybridized carbons (Fsp3) is 0.533. The Bertz CT molecular complexity index is 515. The lowest BCUT2D eigenvalue weighted by atomic mass is 9.78. The van der Waals surface area contributed by atoms with Crippen molar-refractivity contribution >= 4 is 5.97 Å². The zero-order chi connectivity index (χ0) is 13.5. The molecule has 1 fully saturated rings. The van der Waals surface area contributed by atoms with Crippen LogP contribution in [0.3, 0.4) is 0 Å². The van der Waals surface area contributed by atoms with Crippen molar-refractivity contribution in [2.75, 3.05) is 13.2 Å². The van der Waals surface area contributed by atoms with Crippen molar-refractivity contribution in [3.8, 4) is 11.5 Å². The Balaban J connectivity index is 2.10. The van der Waals surface area contributed by atoms with E-state index in [0.717, 1.165) is 29.7 Å². The summed E-state index contributed by atoms with van der Waals surface area (Å²) in [5, 5.41) is 9.64. The number of benzene rings is 1. The SMILES string of the molecule is Cc1cc(C2(C(=O)O)CCCC2)cc2c1OCCO2. The maximum atomic E-state index is 11.7. The smallest absolute Gasteiger partial charge is 0.314 e. The van der Waals surface area contributed by atoms with Crippen LogP contribution in [-0.4, -0.2) is 24.3 Å². The first kappa shape index (κ1) is 12.3. The predicted octanol–water partition coefficient (Wildman–Crippen LogP) is 2.66. The first-order valence-corrected chi connectivity index (χ1v) is 6.78. The normalized spacial score (nSPS) is 20.3. The molecule has 1 aromatic carbocycles. The first-order valence-electron chi connectivity index (χ1n) is 6.78. The average Bonchev–Trinajstić information content (AvgIpc) is 2.89. The average molecular weight is 262 g/mol. The van der Waals surface area contributed by atoms with Gasteiger partial charge in [-0.1, -0.05) is 18.9 Å². The van der Waals surface area contributed by atoms with E-state index in [9.17, 15) is 9.90 Å². The van der Waals surface area contributed by atoms with E-state index in [4.69, 9.17) is 9.47 Å². The van der Waals surface area contributed by atoms with Crippen molar-refractivity contribution in [3.05, 3.63) is 23.3 Å². The molecule has 1 saturated carbocycles. The number of hydrogen-bond acceptors (Lipinski definition) is 3. The molecule has 0 spiro atoms. The van der Waals surface area contributed by atoms with Gasteiger partial charge in [0.2, 0.25) is 0 Å². The van der Waals surface area contributed by atoms with Crippen molar-refractivity contribution < 1.29 is 19.4 Å². The van der Waals surface area contributed by atoms with Gasteiger partial charge in [0.1, 0.15) is 13.2 Å². The number of carboxylic acids is 1. The summed E-state index contributed by atoms with van der Waals surface area (Å²) in [6.45, 7) is 3.02. The van der Waals surface area contributed by atoms with E-state index >= 15 is 0 Å². The first-order chi connectivity index (χ1) is 9.13. The molecule has 1 aliphatic carbocycles. The van der Waals surface area contributed by atoms with Crippen molar-refractivity contribution in [2.45, 2.75) is 38.0 Å². The number of aliphatic carboxylic acids is 1. The lowest BCUT2D eigenvalue weighted by Crippen LogP contribution is -2.33. The maximum Gasteiger partial charge on any atom is 0.314 e. The molecule has 0 amide bonds. The van der Waals surface area contributed by atoms with Gasteiger partial charge in [0.05, 0.1) is 5.41 Å². The van der Waals surface area contributed by atoms with E-state index < -0.39 is 11.4 Å². The third kappa shape index (κ3) is 1.86. The monoisotopic (exact) mass is 262 g/mol. The molecule has 0 saturated heterocycles. The van der Waals surface area contributed by atoms with Crippen LogP contribution in [0.1, 0.15) is 36.8 Å². The summed E-state index contributed by atoms with van der Waals surface area (Å²) >= 11 is 0. The fourth-order valence-corrected chi connectivity index (χ4v) is 3.21. The molecule has 1 aliphatic heterocycles. The minimum Gasteiger partial charge on any atom is -0.486 e. The number of carboxylic acid groups (broad SMARTS) is 1. The maximum absolute atomic E-state index is 11.7. The Labute approximate surface area is 112 Å². The van der Waals surface area contributed by atoms with Gasteiger partial charge in [-0.15, -0.1) is 0 Å². The molecule has 1 N–H and O–H groups in total. The molecular formula is C15H18O4. The predicted molar refractivity (Wildman–Crippen MR) is 70.0 cm³/mol.